The number of nitrogens with zero attached hydrogens (tertiary/aromatic N) is 2. The van der Waals surface area contributed by atoms with Gasteiger partial charge in [-0.1, -0.05) is 0 Å². The first kappa shape index (κ1) is 20.7. The SMILES string of the molecule is CCNc1cc(Nc2ccc(NS(=O)(=O)c3ccc4c(c3)OCCO4)cc2)nc(C)n1. The van der Waals surface area contributed by atoms with Crippen LogP contribution < -0.4 is 24.8 Å². The minimum atomic E-state index is -3.77. The summed E-state index contributed by atoms with van der Waals surface area (Å²) in [5.41, 5.74) is 1.20. The Hall–Kier alpha value is -3.53. The van der Waals surface area contributed by atoms with Gasteiger partial charge in [-0.25, -0.2) is 18.4 Å². The van der Waals surface area contributed by atoms with Crippen LogP contribution in [0.2, 0.25) is 0 Å². The van der Waals surface area contributed by atoms with Gasteiger partial charge >= 0.3 is 0 Å². The van der Waals surface area contributed by atoms with Crippen molar-refractivity contribution in [1.29, 1.82) is 0 Å². The second kappa shape index (κ2) is 8.68. The molecule has 4 rings (SSSR count). The fourth-order valence-electron chi connectivity index (χ4n) is 3.08. The second-order valence-corrected chi connectivity index (χ2v) is 8.51. The molecule has 9 nitrogen and oxygen atoms in total. The van der Waals surface area contributed by atoms with Gasteiger partial charge in [0.2, 0.25) is 0 Å². The van der Waals surface area contributed by atoms with E-state index >= 15 is 0 Å². The summed E-state index contributed by atoms with van der Waals surface area (Å²) in [7, 11) is -3.77. The second-order valence-electron chi connectivity index (χ2n) is 6.83. The first-order valence-corrected chi connectivity index (χ1v) is 11.3. The molecule has 2 aromatic carbocycles. The molecule has 162 valence electrons. The van der Waals surface area contributed by atoms with Gasteiger partial charge in [0.25, 0.3) is 10.0 Å². The van der Waals surface area contributed by atoms with Crippen molar-refractivity contribution in [1.82, 2.24) is 9.97 Å². The van der Waals surface area contributed by atoms with E-state index in [4.69, 9.17) is 9.47 Å². The van der Waals surface area contributed by atoms with Crippen molar-refractivity contribution in [2.24, 2.45) is 0 Å². The Morgan fingerprint density at radius 1 is 0.903 bits per heavy atom. The molecular weight excluding hydrogens is 418 g/mol. The van der Waals surface area contributed by atoms with Crippen molar-refractivity contribution in [2.45, 2.75) is 18.7 Å². The molecule has 1 aromatic heterocycles. The van der Waals surface area contributed by atoms with E-state index in [1.54, 1.807) is 30.3 Å². The van der Waals surface area contributed by atoms with Crippen LogP contribution in [-0.2, 0) is 10.0 Å². The van der Waals surface area contributed by atoms with Crippen molar-refractivity contribution in [3.8, 4) is 11.5 Å². The van der Waals surface area contributed by atoms with Crippen LogP contribution in [0.5, 0.6) is 11.5 Å². The first-order chi connectivity index (χ1) is 14.9. The highest BCUT2D eigenvalue weighted by Crippen LogP contribution is 2.33. The van der Waals surface area contributed by atoms with Crippen LogP contribution in [0.1, 0.15) is 12.7 Å². The van der Waals surface area contributed by atoms with Crippen LogP contribution in [0.25, 0.3) is 0 Å². The highest BCUT2D eigenvalue weighted by molar-refractivity contribution is 7.92. The molecule has 0 amide bonds. The zero-order valence-corrected chi connectivity index (χ0v) is 18.0. The van der Waals surface area contributed by atoms with Crippen molar-refractivity contribution in [3.05, 3.63) is 54.4 Å². The number of anilines is 4. The molecule has 0 saturated carbocycles. The summed E-state index contributed by atoms with van der Waals surface area (Å²) in [6, 6.07) is 13.3. The number of aromatic nitrogens is 2. The third-order valence-corrected chi connectivity index (χ3v) is 5.81. The van der Waals surface area contributed by atoms with Crippen molar-refractivity contribution in [2.75, 3.05) is 35.1 Å². The van der Waals surface area contributed by atoms with Gasteiger partial charge in [0.1, 0.15) is 30.7 Å². The molecule has 3 aromatic rings. The van der Waals surface area contributed by atoms with E-state index in [1.807, 2.05) is 19.9 Å². The molecule has 2 heterocycles. The van der Waals surface area contributed by atoms with E-state index in [0.717, 1.165) is 18.1 Å². The number of sulfonamides is 1. The van der Waals surface area contributed by atoms with Gasteiger partial charge in [-0.2, -0.15) is 0 Å². The van der Waals surface area contributed by atoms with E-state index in [-0.39, 0.29) is 4.90 Å². The molecule has 1 aliphatic heterocycles. The van der Waals surface area contributed by atoms with Gasteiger partial charge in [-0.05, 0) is 50.2 Å². The Kier molecular flexibility index (Phi) is 5.81. The van der Waals surface area contributed by atoms with Gasteiger partial charge in [0.15, 0.2) is 11.5 Å². The average Bonchev–Trinajstić information content (AvgIpc) is 2.74. The smallest absolute Gasteiger partial charge is 0.262 e. The first-order valence-electron chi connectivity index (χ1n) is 9.82. The molecule has 0 radical (unpaired) electrons. The van der Waals surface area contributed by atoms with Crippen LogP contribution in [0.15, 0.2) is 53.4 Å². The number of benzene rings is 2. The monoisotopic (exact) mass is 441 g/mol. The molecule has 0 saturated heterocycles. The maximum Gasteiger partial charge on any atom is 0.262 e. The number of nitrogens with one attached hydrogen (secondary N) is 3. The number of fused-ring (bicyclic) bond motifs is 1. The number of ether oxygens (including phenoxy) is 2. The maximum atomic E-state index is 12.8. The van der Waals surface area contributed by atoms with Crippen molar-refractivity contribution in [3.63, 3.8) is 0 Å². The van der Waals surface area contributed by atoms with Gasteiger partial charge in [-0.15, -0.1) is 0 Å². The van der Waals surface area contributed by atoms with E-state index < -0.39 is 10.0 Å². The average molecular weight is 442 g/mol. The van der Waals surface area contributed by atoms with Gasteiger partial charge in [-0.3, -0.25) is 4.72 Å². The van der Waals surface area contributed by atoms with Crippen LogP contribution in [0.3, 0.4) is 0 Å². The molecule has 31 heavy (non-hydrogen) atoms. The number of aryl methyl sites for hydroxylation is 1. The van der Waals surface area contributed by atoms with E-state index in [2.05, 4.69) is 25.3 Å². The summed E-state index contributed by atoms with van der Waals surface area (Å²) in [6.07, 6.45) is 0. The van der Waals surface area contributed by atoms with E-state index in [0.29, 0.717) is 42.0 Å². The van der Waals surface area contributed by atoms with Crippen LogP contribution >= 0.6 is 0 Å². The molecular formula is C21H23N5O4S. The predicted molar refractivity (Wildman–Crippen MR) is 119 cm³/mol. The molecule has 0 atom stereocenters. The number of hydrogen-bond donors (Lipinski definition) is 3. The fourth-order valence-corrected chi connectivity index (χ4v) is 4.15. The zero-order valence-electron chi connectivity index (χ0n) is 17.2. The fraction of sp³-hybridized carbons (Fsp3) is 0.238. The normalized spacial score (nSPS) is 12.8. The molecule has 0 spiro atoms. The minimum absolute atomic E-state index is 0.103. The lowest BCUT2D eigenvalue weighted by Crippen LogP contribution is -2.17. The molecule has 10 heteroatoms. The van der Waals surface area contributed by atoms with E-state index in [1.165, 1.54) is 12.1 Å². The molecule has 1 aliphatic rings. The number of hydrogen-bond acceptors (Lipinski definition) is 8. The topological polar surface area (TPSA) is 114 Å². The van der Waals surface area contributed by atoms with Gasteiger partial charge < -0.3 is 20.1 Å². The molecule has 3 N–H and O–H groups in total. The summed E-state index contributed by atoms with van der Waals surface area (Å²) in [5.74, 6) is 2.99. The molecule has 0 bridgehead atoms. The zero-order chi connectivity index (χ0) is 21.8. The van der Waals surface area contributed by atoms with Crippen LogP contribution in [-0.4, -0.2) is 38.1 Å². The van der Waals surface area contributed by atoms with Crippen LogP contribution in [0.4, 0.5) is 23.0 Å². The minimum Gasteiger partial charge on any atom is -0.486 e. The summed E-state index contributed by atoms with van der Waals surface area (Å²) in [5, 5.41) is 6.36. The van der Waals surface area contributed by atoms with Crippen molar-refractivity contribution < 1.29 is 17.9 Å². The molecule has 0 aliphatic carbocycles. The molecule has 0 unspecified atom stereocenters. The summed E-state index contributed by atoms with van der Waals surface area (Å²) in [4.78, 5) is 8.79. The highest BCUT2D eigenvalue weighted by atomic mass is 32.2. The van der Waals surface area contributed by atoms with Crippen molar-refractivity contribution >= 4 is 33.0 Å². The lowest BCUT2D eigenvalue weighted by Gasteiger charge is -2.19. The quantitative estimate of drug-likeness (QED) is 0.510. The number of rotatable bonds is 7. The molecule has 0 fully saturated rings. The largest absolute Gasteiger partial charge is 0.486 e. The van der Waals surface area contributed by atoms with Gasteiger partial charge in [0.05, 0.1) is 4.90 Å². The van der Waals surface area contributed by atoms with Crippen LogP contribution in [0, 0.1) is 6.92 Å². The lowest BCUT2D eigenvalue weighted by atomic mass is 10.3. The predicted octanol–water partition coefficient (Wildman–Crippen LogP) is 3.53. The van der Waals surface area contributed by atoms with Gasteiger partial charge in [0, 0.05) is 30.1 Å². The summed E-state index contributed by atoms with van der Waals surface area (Å²) < 4.78 is 39.0. The summed E-state index contributed by atoms with van der Waals surface area (Å²) >= 11 is 0. The third-order valence-electron chi connectivity index (χ3n) is 4.43. The Morgan fingerprint density at radius 2 is 1.58 bits per heavy atom. The lowest BCUT2D eigenvalue weighted by molar-refractivity contribution is 0.171. The highest BCUT2D eigenvalue weighted by Gasteiger charge is 2.19. The standard InChI is InChI=1S/C21H23N5O4S/c1-3-22-20-13-21(24-14(2)23-20)25-15-4-6-16(7-5-15)26-31(27,28)17-8-9-18-19(12-17)30-11-10-29-18/h4-9,12-13,26H,3,10-11H2,1-2H3,(H2,22,23,24,25). The third kappa shape index (κ3) is 4.97. The Morgan fingerprint density at radius 3 is 2.32 bits per heavy atom. The Labute approximate surface area is 180 Å². The Bertz CT molecular complexity index is 1180. The van der Waals surface area contributed by atoms with E-state index in [9.17, 15) is 8.42 Å². The summed E-state index contributed by atoms with van der Waals surface area (Å²) in [6.45, 7) is 5.41. The Balaban J connectivity index is 1.47. The maximum absolute atomic E-state index is 12.8.